The number of rotatable bonds is 1. The van der Waals surface area contributed by atoms with Gasteiger partial charge in [-0.2, -0.15) is 0 Å². The van der Waals surface area contributed by atoms with E-state index in [4.69, 9.17) is 5.84 Å². The Kier molecular flexibility index (Phi) is 1.93. The van der Waals surface area contributed by atoms with Crippen molar-refractivity contribution in [2.45, 2.75) is 13.8 Å². The monoisotopic (exact) mass is 190 g/mol. The minimum atomic E-state index is 0.689. The van der Waals surface area contributed by atoms with E-state index in [1.54, 1.807) is 0 Å². The van der Waals surface area contributed by atoms with Crippen molar-refractivity contribution in [1.82, 2.24) is 9.55 Å². The predicted molar refractivity (Wildman–Crippen MR) is 58.0 cm³/mol. The van der Waals surface area contributed by atoms with Crippen LogP contribution in [0.4, 0.5) is 5.95 Å². The molecule has 0 amide bonds. The van der Waals surface area contributed by atoms with Gasteiger partial charge in [0.05, 0.1) is 11.0 Å². The van der Waals surface area contributed by atoms with Crippen molar-refractivity contribution < 1.29 is 0 Å². The van der Waals surface area contributed by atoms with E-state index in [0.717, 1.165) is 11.0 Å². The number of hydrogen-bond donors (Lipinski definition) is 2. The highest BCUT2D eigenvalue weighted by molar-refractivity contribution is 5.82. The van der Waals surface area contributed by atoms with Crippen molar-refractivity contribution in [2.24, 2.45) is 12.9 Å². The van der Waals surface area contributed by atoms with Crippen LogP contribution in [0.2, 0.25) is 0 Å². The van der Waals surface area contributed by atoms with Crippen LogP contribution in [0.5, 0.6) is 0 Å². The van der Waals surface area contributed by atoms with Crippen LogP contribution in [0.25, 0.3) is 11.0 Å². The highest BCUT2D eigenvalue weighted by atomic mass is 15.3. The van der Waals surface area contributed by atoms with Crippen molar-refractivity contribution in [3.05, 3.63) is 23.3 Å². The van der Waals surface area contributed by atoms with Gasteiger partial charge in [-0.1, -0.05) is 6.07 Å². The molecule has 3 N–H and O–H groups in total. The number of anilines is 1. The van der Waals surface area contributed by atoms with Crippen molar-refractivity contribution in [1.29, 1.82) is 0 Å². The summed E-state index contributed by atoms with van der Waals surface area (Å²) in [5, 5.41) is 0. The van der Waals surface area contributed by atoms with E-state index >= 15 is 0 Å². The average Bonchev–Trinajstić information content (AvgIpc) is 2.50. The maximum absolute atomic E-state index is 5.37. The molecule has 0 unspecified atom stereocenters. The largest absolute Gasteiger partial charge is 0.312 e. The summed E-state index contributed by atoms with van der Waals surface area (Å²) in [6.45, 7) is 4.19. The number of benzene rings is 1. The zero-order chi connectivity index (χ0) is 10.3. The average molecular weight is 190 g/mol. The summed E-state index contributed by atoms with van der Waals surface area (Å²) in [5.41, 5.74) is 7.21. The lowest BCUT2D eigenvalue weighted by Gasteiger charge is -2.04. The van der Waals surface area contributed by atoms with Gasteiger partial charge in [-0.05, 0) is 31.0 Å². The first-order valence-electron chi connectivity index (χ1n) is 4.54. The molecule has 0 aliphatic carbocycles. The third-order valence-corrected chi connectivity index (χ3v) is 2.69. The fourth-order valence-corrected chi connectivity index (χ4v) is 1.72. The molecule has 4 heteroatoms. The minimum Gasteiger partial charge on any atom is -0.312 e. The number of hydrazine groups is 1. The fourth-order valence-electron chi connectivity index (χ4n) is 1.72. The van der Waals surface area contributed by atoms with E-state index in [1.807, 2.05) is 17.7 Å². The zero-order valence-electron chi connectivity index (χ0n) is 8.63. The van der Waals surface area contributed by atoms with E-state index in [9.17, 15) is 0 Å². The molecule has 14 heavy (non-hydrogen) atoms. The molecule has 0 atom stereocenters. The van der Waals surface area contributed by atoms with Crippen LogP contribution in [0.15, 0.2) is 12.1 Å². The zero-order valence-corrected chi connectivity index (χ0v) is 8.63. The van der Waals surface area contributed by atoms with Gasteiger partial charge in [-0.25, -0.2) is 10.8 Å². The predicted octanol–water partition coefficient (Wildman–Crippen LogP) is 1.48. The number of imidazole rings is 1. The summed E-state index contributed by atoms with van der Waals surface area (Å²) in [7, 11) is 1.96. The standard InChI is InChI=1S/C10H14N4/c1-6-4-5-8-9(7(6)2)14(3)10(12-8)13-11/h4-5H,11H2,1-3H3,(H,12,13). The minimum absolute atomic E-state index is 0.689. The Hall–Kier alpha value is -1.55. The summed E-state index contributed by atoms with van der Waals surface area (Å²) >= 11 is 0. The van der Waals surface area contributed by atoms with E-state index in [2.05, 4.69) is 30.3 Å². The number of nitrogens with two attached hydrogens (primary N) is 1. The van der Waals surface area contributed by atoms with E-state index in [-0.39, 0.29) is 0 Å². The summed E-state index contributed by atoms with van der Waals surface area (Å²) in [4.78, 5) is 4.36. The van der Waals surface area contributed by atoms with Gasteiger partial charge in [-0.3, -0.25) is 5.43 Å². The maximum Gasteiger partial charge on any atom is 0.218 e. The second-order valence-corrected chi connectivity index (χ2v) is 3.51. The summed E-state index contributed by atoms with van der Waals surface area (Å²) < 4.78 is 1.97. The van der Waals surface area contributed by atoms with Crippen molar-refractivity contribution in [3.63, 3.8) is 0 Å². The molecule has 0 spiro atoms. The lowest BCUT2D eigenvalue weighted by molar-refractivity contribution is 0.938. The van der Waals surface area contributed by atoms with Gasteiger partial charge >= 0.3 is 0 Å². The summed E-state index contributed by atoms with van der Waals surface area (Å²) in [5.74, 6) is 6.06. The normalized spacial score (nSPS) is 10.9. The molecule has 1 aromatic carbocycles. The Morgan fingerprint density at radius 1 is 1.36 bits per heavy atom. The van der Waals surface area contributed by atoms with Crippen LogP contribution in [0.3, 0.4) is 0 Å². The quantitative estimate of drug-likeness (QED) is 0.529. The van der Waals surface area contributed by atoms with Crippen LogP contribution in [0.1, 0.15) is 11.1 Å². The number of hydrogen-bond acceptors (Lipinski definition) is 3. The molecule has 2 aromatic rings. The Morgan fingerprint density at radius 2 is 2.07 bits per heavy atom. The Balaban J connectivity index is 2.87. The van der Waals surface area contributed by atoms with E-state index < -0.39 is 0 Å². The highest BCUT2D eigenvalue weighted by Crippen LogP contribution is 2.23. The van der Waals surface area contributed by atoms with Crippen LogP contribution in [-0.4, -0.2) is 9.55 Å². The van der Waals surface area contributed by atoms with Crippen molar-refractivity contribution in [2.75, 3.05) is 5.43 Å². The molecule has 4 nitrogen and oxygen atoms in total. The van der Waals surface area contributed by atoms with Gasteiger partial charge in [-0.15, -0.1) is 0 Å². The number of aromatic nitrogens is 2. The van der Waals surface area contributed by atoms with Crippen molar-refractivity contribution in [3.8, 4) is 0 Å². The molecule has 1 heterocycles. The molecule has 0 fully saturated rings. The third-order valence-electron chi connectivity index (χ3n) is 2.69. The first-order chi connectivity index (χ1) is 6.65. The third kappa shape index (κ3) is 1.08. The Labute approximate surface area is 82.7 Å². The molecular weight excluding hydrogens is 176 g/mol. The molecular formula is C10H14N4. The SMILES string of the molecule is Cc1ccc2nc(NN)n(C)c2c1C. The number of nitrogen functional groups attached to an aromatic ring is 1. The Morgan fingerprint density at radius 3 is 2.71 bits per heavy atom. The molecule has 2 rings (SSSR count). The van der Waals surface area contributed by atoms with E-state index in [0.29, 0.717) is 5.95 Å². The van der Waals surface area contributed by atoms with Gasteiger partial charge in [0.25, 0.3) is 0 Å². The fraction of sp³-hybridized carbons (Fsp3) is 0.300. The molecule has 74 valence electrons. The van der Waals surface area contributed by atoms with Gasteiger partial charge in [0, 0.05) is 7.05 Å². The maximum atomic E-state index is 5.37. The second kappa shape index (κ2) is 2.99. The van der Waals surface area contributed by atoms with Crippen LogP contribution in [-0.2, 0) is 7.05 Å². The molecule has 0 bridgehead atoms. The first-order valence-corrected chi connectivity index (χ1v) is 4.54. The van der Waals surface area contributed by atoms with Gasteiger partial charge in [0.1, 0.15) is 0 Å². The van der Waals surface area contributed by atoms with Crippen molar-refractivity contribution >= 4 is 17.0 Å². The smallest absolute Gasteiger partial charge is 0.218 e. The molecule has 0 saturated heterocycles. The Bertz CT molecular complexity index is 484. The summed E-state index contributed by atoms with van der Waals surface area (Å²) in [6.07, 6.45) is 0. The lowest BCUT2D eigenvalue weighted by Crippen LogP contribution is -2.11. The van der Waals surface area contributed by atoms with Gasteiger partial charge in [0.15, 0.2) is 0 Å². The van der Waals surface area contributed by atoms with Gasteiger partial charge < -0.3 is 4.57 Å². The molecule has 0 saturated carbocycles. The highest BCUT2D eigenvalue weighted by Gasteiger charge is 2.09. The van der Waals surface area contributed by atoms with Crippen LogP contribution >= 0.6 is 0 Å². The van der Waals surface area contributed by atoms with E-state index in [1.165, 1.54) is 11.1 Å². The summed E-state index contributed by atoms with van der Waals surface area (Å²) in [6, 6.07) is 4.09. The number of nitrogens with one attached hydrogen (secondary N) is 1. The molecule has 0 radical (unpaired) electrons. The van der Waals surface area contributed by atoms with Crippen LogP contribution in [0, 0.1) is 13.8 Å². The molecule has 0 aliphatic heterocycles. The number of fused-ring (bicyclic) bond motifs is 1. The lowest BCUT2D eigenvalue weighted by atomic mass is 10.1. The second-order valence-electron chi connectivity index (χ2n) is 3.51. The topological polar surface area (TPSA) is 55.9 Å². The molecule has 0 aliphatic rings. The van der Waals surface area contributed by atoms with Crippen LogP contribution < -0.4 is 11.3 Å². The number of nitrogens with zero attached hydrogens (tertiary/aromatic N) is 2. The van der Waals surface area contributed by atoms with Gasteiger partial charge in [0.2, 0.25) is 5.95 Å². The molecule has 1 aromatic heterocycles. The number of aryl methyl sites for hydroxylation is 3. The first kappa shape index (κ1) is 9.02.